The molecular formula is C17H22N2O2. The van der Waals surface area contributed by atoms with Crippen molar-refractivity contribution in [2.24, 2.45) is 11.7 Å². The summed E-state index contributed by atoms with van der Waals surface area (Å²) in [6.45, 7) is 4.14. The van der Waals surface area contributed by atoms with Gasteiger partial charge in [0.15, 0.2) is 0 Å². The van der Waals surface area contributed by atoms with Crippen LogP contribution in [0.1, 0.15) is 25.5 Å². The van der Waals surface area contributed by atoms with Crippen LogP contribution in [0.2, 0.25) is 0 Å². The van der Waals surface area contributed by atoms with Crippen molar-refractivity contribution in [2.45, 2.75) is 26.0 Å². The Labute approximate surface area is 125 Å². The van der Waals surface area contributed by atoms with Gasteiger partial charge in [0.25, 0.3) is 0 Å². The molecule has 4 nitrogen and oxygen atoms in total. The molecule has 0 radical (unpaired) electrons. The Hall–Kier alpha value is -1.91. The van der Waals surface area contributed by atoms with Gasteiger partial charge in [-0.05, 0) is 28.3 Å². The maximum Gasteiger partial charge on any atom is 0.234 e. The van der Waals surface area contributed by atoms with Gasteiger partial charge in [0, 0.05) is 6.54 Å². The van der Waals surface area contributed by atoms with E-state index in [9.17, 15) is 9.90 Å². The number of hydrogen-bond donors (Lipinski definition) is 3. The fraction of sp³-hybridized carbons (Fsp3) is 0.353. The predicted octanol–water partition coefficient (Wildman–Crippen LogP) is 1.97. The quantitative estimate of drug-likeness (QED) is 0.760. The molecule has 21 heavy (non-hydrogen) atoms. The van der Waals surface area contributed by atoms with Crippen molar-refractivity contribution in [3.8, 4) is 0 Å². The number of aliphatic hydroxyl groups is 1. The zero-order valence-electron chi connectivity index (χ0n) is 12.4. The maximum atomic E-state index is 11.3. The van der Waals surface area contributed by atoms with E-state index >= 15 is 0 Å². The van der Waals surface area contributed by atoms with Crippen LogP contribution in [0.15, 0.2) is 42.5 Å². The highest BCUT2D eigenvalue weighted by Gasteiger charge is 2.20. The number of benzene rings is 2. The monoisotopic (exact) mass is 286 g/mol. The molecule has 0 aliphatic rings. The largest absolute Gasteiger partial charge is 0.387 e. The van der Waals surface area contributed by atoms with Crippen LogP contribution in [0, 0.1) is 5.92 Å². The van der Waals surface area contributed by atoms with Crippen LogP contribution < -0.4 is 11.1 Å². The third-order valence-corrected chi connectivity index (χ3v) is 3.66. The van der Waals surface area contributed by atoms with E-state index < -0.39 is 18.1 Å². The van der Waals surface area contributed by atoms with Crippen LogP contribution >= 0.6 is 0 Å². The summed E-state index contributed by atoms with van der Waals surface area (Å²) < 4.78 is 0. The maximum absolute atomic E-state index is 11.3. The number of carbonyl (C=O) groups excluding carboxylic acids is 1. The summed E-state index contributed by atoms with van der Waals surface area (Å²) >= 11 is 0. The minimum atomic E-state index is -0.671. The number of nitrogens with one attached hydrogen (secondary N) is 1. The molecule has 1 amide bonds. The van der Waals surface area contributed by atoms with Crippen LogP contribution in [-0.4, -0.2) is 23.6 Å². The van der Waals surface area contributed by atoms with Crippen molar-refractivity contribution in [3.63, 3.8) is 0 Å². The summed E-state index contributed by atoms with van der Waals surface area (Å²) in [5, 5.41) is 15.5. The summed E-state index contributed by atoms with van der Waals surface area (Å²) in [5.74, 6) is -0.304. The number of rotatable bonds is 6. The standard InChI is InChI=1S/C17H22N2O2/c1-11(2)16(17(18)21)19-10-15(20)14-8-7-12-5-3-4-6-13(12)9-14/h3-9,11,15-16,19-20H,10H2,1-2H3,(H2,18,21). The highest BCUT2D eigenvalue weighted by atomic mass is 16.3. The molecule has 0 aliphatic carbocycles. The van der Waals surface area contributed by atoms with E-state index in [1.165, 1.54) is 0 Å². The van der Waals surface area contributed by atoms with Gasteiger partial charge in [-0.15, -0.1) is 0 Å². The van der Waals surface area contributed by atoms with Crippen LogP contribution in [0.3, 0.4) is 0 Å². The van der Waals surface area contributed by atoms with E-state index in [0.717, 1.165) is 16.3 Å². The molecule has 0 heterocycles. The highest BCUT2D eigenvalue weighted by Crippen LogP contribution is 2.20. The van der Waals surface area contributed by atoms with Gasteiger partial charge in [0.05, 0.1) is 12.1 Å². The van der Waals surface area contributed by atoms with Gasteiger partial charge in [-0.25, -0.2) is 0 Å². The Bertz CT molecular complexity index is 625. The minimum Gasteiger partial charge on any atom is -0.387 e. The van der Waals surface area contributed by atoms with E-state index in [0.29, 0.717) is 6.54 Å². The predicted molar refractivity (Wildman–Crippen MR) is 84.7 cm³/mol. The number of primary amides is 1. The average Bonchev–Trinajstić information content (AvgIpc) is 2.46. The van der Waals surface area contributed by atoms with Crippen molar-refractivity contribution in [1.29, 1.82) is 0 Å². The molecule has 0 aliphatic heterocycles. The van der Waals surface area contributed by atoms with E-state index in [1.54, 1.807) is 0 Å². The molecule has 4 N–H and O–H groups in total. The second-order valence-corrected chi connectivity index (χ2v) is 5.65. The van der Waals surface area contributed by atoms with E-state index in [4.69, 9.17) is 5.73 Å². The molecule has 0 aromatic heterocycles. The molecule has 2 rings (SSSR count). The molecule has 0 bridgehead atoms. The lowest BCUT2D eigenvalue weighted by Crippen LogP contribution is -2.46. The fourth-order valence-electron chi connectivity index (χ4n) is 2.44. The van der Waals surface area contributed by atoms with Crippen LogP contribution in [0.25, 0.3) is 10.8 Å². The van der Waals surface area contributed by atoms with Crippen LogP contribution in [0.5, 0.6) is 0 Å². The van der Waals surface area contributed by atoms with Gasteiger partial charge >= 0.3 is 0 Å². The smallest absolute Gasteiger partial charge is 0.234 e. The van der Waals surface area contributed by atoms with Crippen molar-refractivity contribution < 1.29 is 9.90 Å². The lowest BCUT2D eigenvalue weighted by molar-refractivity contribution is -0.121. The van der Waals surface area contributed by atoms with Gasteiger partial charge in [-0.3, -0.25) is 4.79 Å². The molecule has 2 unspecified atom stereocenters. The summed E-state index contributed by atoms with van der Waals surface area (Å²) in [6.07, 6.45) is -0.671. The number of amides is 1. The lowest BCUT2D eigenvalue weighted by atomic mass is 10.0. The van der Waals surface area contributed by atoms with E-state index in [1.807, 2.05) is 56.3 Å². The second kappa shape index (κ2) is 6.70. The Kier molecular flexibility index (Phi) is 4.94. The van der Waals surface area contributed by atoms with Crippen molar-refractivity contribution in [3.05, 3.63) is 48.0 Å². The molecule has 0 spiro atoms. The first kappa shape index (κ1) is 15.5. The Morgan fingerprint density at radius 2 is 1.86 bits per heavy atom. The summed E-state index contributed by atoms with van der Waals surface area (Å²) in [6, 6.07) is 13.4. The normalized spacial score (nSPS) is 14.3. The number of hydrogen-bond acceptors (Lipinski definition) is 3. The first-order valence-corrected chi connectivity index (χ1v) is 7.18. The van der Waals surface area contributed by atoms with Gasteiger partial charge in [0.2, 0.25) is 5.91 Å². The third kappa shape index (κ3) is 3.80. The molecule has 0 saturated carbocycles. The topological polar surface area (TPSA) is 75.3 Å². The number of nitrogens with two attached hydrogens (primary N) is 1. The first-order chi connectivity index (χ1) is 9.99. The average molecular weight is 286 g/mol. The molecule has 2 atom stereocenters. The molecule has 4 heteroatoms. The van der Waals surface area contributed by atoms with Gasteiger partial charge in [-0.1, -0.05) is 50.2 Å². The van der Waals surface area contributed by atoms with Crippen molar-refractivity contribution >= 4 is 16.7 Å². The van der Waals surface area contributed by atoms with Gasteiger partial charge < -0.3 is 16.2 Å². The SMILES string of the molecule is CC(C)C(NCC(O)c1ccc2ccccc2c1)C(N)=O. The fourth-order valence-corrected chi connectivity index (χ4v) is 2.44. The second-order valence-electron chi connectivity index (χ2n) is 5.65. The highest BCUT2D eigenvalue weighted by molar-refractivity contribution is 5.83. The third-order valence-electron chi connectivity index (χ3n) is 3.66. The molecule has 2 aromatic carbocycles. The van der Waals surface area contributed by atoms with Crippen molar-refractivity contribution in [2.75, 3.05) is 6.54 Å². The Morgan fingerprint density at radius 3 is 2.48 bits per heavy atom. The van der Waals surface area contributed by atoms with Crippen LogP contribution in [0.4, 0.5) is 0 Å². The van der Waals surface area contributed by atoms with Crippen LogP contribution in [-0.2, 0) is 4.79 Å². The van der Waals surface area contributed by atoms with Gasteiger partial charge in [0.1, 0.15) is 0 Å². The molecule has 112 valence electrons. The van der Waals surface area contributed by atoms with Crippen molar-refractivity contribution in [1.82, 2.24) is 5.32 Å². The minimum absolute atomic E-state index is 0.0892. The number of fused-ring (bicyclic) bond motifs is 1. The molecule has 2 aromatic rings. The zero-order valence-corrected chi connectivity index (χ0v) is 12.4. The first-order valence-electron chi connectivity index (χ1n) is 7.18. The van der Waals surface area contributed by atoms with E-state index in [-0.39, 0.29) is 5.92 Å². The molecule has 0 fully saturated rings. The Balaban J connectivity index is 2.08. The number of aliphatic hydroxyl groups excluding tert-OH is 1. The molecular weight excluding hydrogens is 264 g/mol. The van der Waals surface area contributed by atoms with Gasteiger partial charge in [-0.2, -0.15) is 0 Å². The summed E-state index contributed by atoms with van der Waals surface area (Å²) in [4.78, 5) is 11.3. The van der Waals surface area contributed by atoms with E-state index in [2.05, 4.69) is 5.32 Å². The zero-order chi connectivity index (χ0) is 15.4. The Morgan fingerprint density at radius 1 is 1.19 bits per heavy atom. The number of carbonyl (C=O) groups is 1. The molecule has 0 saturated heterocycles. The lowest BCUT2D eigenvalue weighted by Gasteiger charge is -2.21. The summed E-state index contributed by atoms with van der Waals surface area (Å²) in [5.41, 5.74) is 6.18. The summed E-state index contributed by atoms with van der Waals surface area (Å²) in [7, 11) is 0.